The summed E-state index contributed by atoms with van der Waals surface area (Å²) in [5.41, 5.74) is 5.26. The van der Waals surface area contributed by atoms with Crippen molar-refractivity contribution in [2.24, 2.45) is 11.7 Å². The average Bonchev–Trinajstić information content (AvgIpc) is 2.21. The normalized spacial score (nSPS) is 14.9. The number of ether oxygens (including phenoxy) is 1. The molecule has 0 heterocycles. The van der Waals surface area contributed by atoms with E-state index in [1.54, 1.807) is 0 Å². The van der Waals surface area contributed by atoms with Crippen LogP contribution in [0.2, 0.25) is 0 Å². The van der Waals surface area contributed by atoms with E-state index >= 15 is 0 Å². The predicted molar refractivity (Wildman–Crippen MR) is 59.9 cm³/mol. The van der Waals surface area contributed by atoms with Crippen LogP contribution in [0.1, 0.15) is 20.3 Å². The van der Waals surface area contributed by atoms with Crippen LogP contribution in [-0.2, 0) is 9.53 Å². The Bertz CT molecular complexity index is 167. The van der Waals surface area contributed by atoms with Gasteiger partial charge in [-0.25, -0.2) is 0 Å². The Morgan fingerprint density at radius 1 is 1.64 bits per heavy atom. The maximum Gasteiger partial charge on any atom is 0.324 e. The molecule has 0 amide bonds. The molecular weight excluding hydrogens is 200 g/mol. The van der Waals surface area contributed by atoms with Crippen LogP contribution in [0.3, 0.4) is 0 Å². The third-order valence-corrected chi connectivity index (χ3v) is 2.56. The zero-order valence-electron chi connectivity index (χ0n) is 9.08. The van der Waals surface area contributed by atoms with Crippen molar-refractivity contribution in [3.05, 3.63) is 0 Å². The molecule has 0 fully saturated rings. The maximum absolute atomic E-state index is 11.5. The molecule has 0 unspecified atom stereocenters. The molecule has 0 saturated carbocycles. The monoisotopic (exact) mass is 220 g/mol. The Morgan fingerprint density at radius 3 is 2.71 bits per heavy atom. The topological polar surface area (TPSA) is 64.3 Å². The summed E-state index contributed by atoms with van der Waals surface area (Å²) in [6, 6.07) is -0.235. The molecule has 0 rings (SSSR count). The lowest BCUT2D eigenvalue weighted by molar-refractivity contribution is -0.146. The first kappa shape index (κ1) is 13.7. The van der Waals surface area contributed by atoms with E-state index in [-0.39, 0.29) is 17.9 Å². The van der Waals surface area contributed by atoms with Crippen molar-refractivity contribution in [2.45, 2.75) is 26.3 Å². The van der Waals surface area contributed by atoms with E-state index in [0.29, 0.717) is 13.2 Å². The van der Waals surface area contributed by atoms with Gasteiger partial charge in [0.05, 0.1) is 0 Å². The fourth-order valence-electron chi connectivity index (χ4n) is 1.01. The second-order valence-corrected chi connectivity index (χ2v) is 3.79. The van der Waals surface area contributed by atoms with Gasteiger partial charge in [0.2, 0.25) is 0 Å². The highest BCUT2D eigenvalue weighted by Crippen LogP contribution is 2.11. The quantitative estimate of drug-likeness (QED) is 0.490. The minimum atomic E-state index is -0.235. The molecule has 0 bridgehead atoms. The molecule has 3 N–H and O–H groups in total. The van der Waals surface area contributed by atoms with Crippen LogP contribution in [-0.4, -0.2) is 31.4 Å². The van der Waals surface area contributed by atoms with Gasteiger partial charge in [-0.05, 0) is 12.2 Å². The van der Waals surface area contributed by atoms with Gasteiger partial charge in [0, 0.05) is 6.54 Å². The van der Waals surface area contributed by atoms with Gasteiger partial charge in [-0.2, -0.15) is 0 Å². The standard InChI is InChI=1S/C9H20N2O2S/c1-4-7(2)8(11-14-3)9(12)13-6-5-10/h7-8,11H,4-6,10H2,1-3H3/t7-,8-/m0/s1. The molecule has 0 aliphatic carbocycles. The van der Waals surface area contributed by atoms with Crippen molar-refractivity contribution >= 4 is 17.9 Å². The highest BCUT2D eigenvalue weighted by atomic mass is 32.2. The highest BCUT2D eigenvalue weighted by molar-refractivity contribution is 7.96. The molecule has 0 aliphatic heterocycles. The Labute approximate surface area is 90.1 Å². The van der Waals surface area contributed by atoms with Crippen LogP contribution in [0.5, 0.6) is 0 Å². The third-order valence-electron chi connectivity index (χ3n) is 2.07. The Hall–Kier alpha value is -0.260. The number of esters is 1. The van der Waals surface area contributed by atoms with Crippen molar-refractivity contribution in [1.29, 1.82) is 0 Å². The largest absolute Gasteiger partial charge is 0.463 e. The number of rotatable bonds is 7. The molecule has 0 saturated heterocycles. The van der Waals surface area contributed by atoms with E-state index in [9.17, 15) is 4.79 Å². The lowest BCUT2D eigenvalue weighted by Gasteiger charge is -2.21. The first-order valence-electron chi connectivity index (χ1n) is 4.82. The number of carbonyl (C=O) groups excluding carboxylic acids is 1. The van der Waals surface area contributed by atoms with Crippen molar-refractivity contribution in [1.82, 2.24) is 4.72 Å². The molecule has 14 heavy (non-hydrogen) atoms. The van der Waals surface area contributed by atoms with Gasteiger partial charge >= 0.3 is 5.97 Å². The SMILES string of the molecule is CC[C@H](C)[C@H](NSC)C(=O)OCCN. The van der Waals surface area contributed by atoms with Crippen LogP contribution in [0.25, 0.3) is 0 Å². The predicted octanol–water partition coefficient (Wildman–Crippen LogP) is 0.771. The summed E-state index contributed by atoms with van der Waals surface area (Å²) in [6.07, 6.45) is 2.83. The number of hydrogen-bond acceptors (Lipinski definition) is 5. The summed E-state index contributed by atoms with van der Waals surface area (Å²) in [5.74, 6) is 0.0619. The lowest BCUT2D eigenvalue weighted by Crippen LogP contribution is -2.40. The van der Waals surface area contributed by atoms with Gasteiger partial charge < -0.3 is 10.5 Å². The van der Waals surface area contributed by atoms with E-state index in [2.05, 4.69) is 11.6 Å². The fraction of sp³-hybridized carbons (Fsp3) is 0.889. The van der Waals surface area contributed by atoms with Crippen LogP contribution < -0.4 is 10.5 Å². The molecular formula is C9H20N2O2S. The van der Waals surface area contributed by atoms with E-state index in [4.69, 9.17) is 10.5 Å². The Balaban J connectivity index is 4.10. The highest BCUT2D eigenvalue weighted by Gasteiger charge is 2.24. The van der Waals surface area contributed by atoms with Crippen LogP contribution in [0, 0.1) is 5.92 Å². The fourth-order valence-corrected chi connectivity index (χ4v) is 1.59. The van der Waals surface area contributed by atoms with Crippen molar-refractivity contribution < 1.29 is 9.53 Å². The Kier molecular flexibility index (Phi) is 7.93. The molecule has 2 atom stereocenters. The summed E-state index contributed by atoms with van der Waals surface area (Å²) in [5, 5.41) is 0. The van der Waals surface area contributed by atoms with Crippen molar-refractivity contribution in [3.63, 3.8) is 0 Å². The van der Waals surface area contributed by atoms with E-state index in [1.807, 2.05) is 13.2 Å². The number of hydrogen-bond donors (Lipinski definition) is 2. The van der Waals surface area contributed by atoms with Crippen LogP contribution >= 0.6 is 11.9 Å². The van der Waals surface area contributed by atoms with Crippen molar-refractivity contribution in [2.75, 3.05) is 19.4 Å². The first-order chi connectivity index (χ1) is 6.67. The minimum absolute atomic E-state index is 0.209. The molecule has 4 nitrogen and oxygen atoms in total. The molecule has 0 aromatic rings. The second-order valence-electron chi connectivity index (χ2n) is 3.14. The number of nitrogens with one attached hydrogen (secondary N) is 1. The maximum atomic E-state index is 11.5. The molecule has 0 aliphatic rings. The molecule has 0 spiro atoms. The van der Waals surface area contributed by atoms with E-state index in [0.717, 1.165) is 6.42 Å². The van der Waals surface area contributed by atoms with Gasteiger partial charge in [-0.1, -0.05) is 32.2 Å². The average molecular weight is 220 g/mol. The van der Waals surface area contributed by atoms with Gasteiger partial charge in [0.1, 0.15) is 12.6 Å². The van der Waals surface area contributed by atoms with Crippen LogP contribution in [0.4, 0.5) is 0 Å². The zero-order valence-corrected chi connectivity index (χ0v) is 9.89. The lowest BCUT2D eigenvalue weighted by atomic mass is 10.0. The summed E-state index contributed by atoms with van der Waals surface area (Å²) >= 11 is 1.43. The molecule has 84 valence electrons. The summed E-state index contributed by atoms with van der Waals surface area (Å²) in [7, 11) is 0. The van der Waals surface area contributed by atoms with Gasteiger partial charge in [0.15, 0.2) is 0 Å². The van der Waals surface area contributed by atoms with Gasteiger partial charge in [0.25, 0.3) is 0 Å². The third kappa shape index (κ3) is 4.83. The number of nitrogens with two attached hydrogens (primary N) is 1. The second kappa shape index (κ2) is 8.08. The Morgan fingerprint density at radius 2 is 2.29 bits per heavy atom. The van der Waals surface area contributed by atoms with Crippen molar-refractivity contribution in [3.8, 4) is 0 Å². The van der Waals surface area contributed by atoms with E-state index < -0.39 is 0 Å². The molecule has 5 heteroatoms. The molecule has 0 aromatic carbocycles. The van der Waals surface area contributed by atoms with Gasteiger partial charge in [-0.15, -0.1) is 0 Å². The number of carbonyl (C=O) groups is 1. The summed E-state index contributed by atoms with van der Waals surface area (Å²) in [6.45, 7) is 4.74. The van der Waals surface area contributed by atoms with Crippen LogP contribution in [0.15, 0.2) is 0 Å². The van der Waals surface area contributed by atoms with E-state index in [1.165, 1.54) is 11.9 Å². The zero-order chi connectivity index (χ0) is 11.0. The minimum Gasteiger partial charge on any atom is -0.463 e. The summed E-state index contributed by atoms with van der Waals surface area (Å²) < 4.78 is 8.03. The smallest absolute Gasteiger partial charge is 0.324 e. The molecule has 0 aromatic heterocycles. The molecule has 0 radical (unpaired) electrons. The first-order valence-corrected chi connectivity index (χ1v) is 6.05. The summed E-state index contributed by atoms with van der Waals surface area (Å²) in [4.78, 5) is 11.5. The van der Waals surface area contributed by atoms with Gasteiger partial charge in [-0.3, -0.25) is 9.52 Å².